The molecule has 134 valence electrons. The first-order valence-corrected chi connectivity index (χ1v) is 9.25. The Labute approximate surface area is 151 Å². The Morgan fingerprint density at radius 2 is 1.73 bits per heavy atom. The predicted molar refractivity (Wildman–Crippen MR) is 92.6 cm³/mol. The quantitative estimate of drug-likeness (QED) is 0.835. The third kappa shape index (κ3) is 2.52. The van der Waals surface area contributed by atoms with Crippen LogP contribution in [-0.4, -0.2) is 17.0 Å². The first-order valence-electron chi connectivity index (χ1n) is 9.25. The normalized spacial score (nSPS) is 30.2. The number of amides is 2. The average molecular weight is 351 g/mol. The van der Waals surface area contributed by atoms with E-state index >= 15 is 0 Å². The zero-order valence-electron chi connectivity index (χ0n) is 14.4. The lowest BCUT2D eigenvalue weighted by atomic mass is 9.97. The third-order valence-electron chi connectivity index (χ3n) is 6.45. The molecule has 4 aliphatic rings. The monoisotopic (exact) mass is 351 g/mol. The number of nitrogens with zero attached hydrogens (tertiary/aromatic N) is 1. The van der Waals surface area contributed by atoms with Crippen molar-refractivity contribution >= 4 is 11.8 Å². The van der Waals surface area contributed by atoms with Crippen LogP contribution < -0.4 is 10.6 Å². The van der Waals surface area contributed by atoms with Gasteiger partial charge in [-0.05, 0) is 47.6 Å². The Morgan fingerprint density at radius 1 is 1.04 bits per heavy atom. The highest BCUT2D eigenvalue weighted by Gasteiger charge is 2.70. The van der Waals surface area contributed by atoms with Crippen molar-refractivity contribution < 1.29 is 14.1 Å². The smallest absolute Gasteiger partial charge is 0.273 e. The Morgan fingerprint density at radius 3 is 2.31 bits per heavy atom. The van der Waals surface area contributed by atoms with Crippen LogP contribution >= 0.6 is 0 Å². The van der Waals surface area contributed by atoms with Gasteiger partial charge in [0.2, 0.25) is 5.91 Å². The molecule has 6 heteroatoms. The molecule has 1 aromatic carbocycles. The van der Waals surface area contributed by atoms with E-state index in [-0.39, 0.29) is 23.4 Å². The first kappa shape index (κ1) is 15.6. The van der Waals surface area contributed by atoms with Crippen LogP contribution in [0, 0.1) is 29.6 Å². The first-order chi connectivity index (χ1) is 12.7. The van der Waals surface area contributed by atoms with Gasteiger partial charge in [-0.2, -0.15) is 0 Å². The zero-order valence-corrected chi connectivity index (χ0v) is 14.4. The average Bonchev–Trinajstić information content (AvgIpc) is 3.24. The standard InChI is InChI=1S/C20H21N3O3/c24-19(16-5-6-26-23-16)21-9-11-3-1-2-4-12(11)10-22-20(25)17-13-7-14-15(8-13)18(14)17/h1-6,13-15,17-18H,7-10H2,(H,21,24)(H,22,25). The summed E-state index contributed by atoms with van der Waals surface area (Å²) in [5.41, 5.74) is 2.28. The number of hydrogen-bond acceptors (Lipinski definition) is 4. The largest absolute Gasteiger partial charge is 0.364 e. The number of hydrogen-bond donors (Lipinski definition) is 2. The number of aromatic nitrogens is 1. The summed E-state index contributed by atoms with van der Waals surface area (Å²) in [5, 5.41) is 9.60. The van der Waals surface area contributed by atoms with Crippen molar-refractivity contribution in [1.82, 2.24) is 15.8 Å². The lowest BCUT2D eigenvalue weighted by molar-refractivity contribution is -0.126. The summed E-state index contributed by atoms with van der Waals surface area (Å²) in [4.78, 5) is 24.6. The van der Waals surface area contributed by atoms with Crippen molar-refractivity contribution in [2.45, 2.75) is 25.9 Å². The molecule has 0 spiro atoms. The zero-order chi connectivity index (χ0) is 17.7. The van der Waals surface area contributed by atoms with Crippen LogP contribution in [0.4, 0.5) is 0 Å². The van der Waals surface area contributed by atoms with E-state index in [1.807, 2.05) is 24.3 Å². The summed E-state index contributed by atoms with van der Waals surface area (Å²) in [6, 6.07) is 9.37. The van der Waals surface area contributed by atoms with E-state index in [1.165, 1.54) is 25.2 Å². The van der Waals surface area contributed by atoms with Crippen LogP contribution in [0.2, 0.25) is 0 Å². The molecule has 4 saturated carbocycles. The second kappa shape index (κ2) is 5.97. The highest BCUT2D eigenvalue weighted by atomic mass is 16.5. The minimum atomic E-state index is -0.275. The molecule has 26 heavy (non-hydrogen) atoms. The molecule has 6 rings (SSSR count). The molecule has 1 heterocycles. The molecule has 1 aromatic heterocycles. The molecule has 3 unspecified atom stereocenters. The molecular weight excluding hydrogens is 330 g/mol. The Kier molecular flexibility index (Phi) is 3.58. The van der Waals surface area contributed by atoms with Crippen LogP contribution in [0.15, 0.2) is 41.1 Å². The molecule has 0 aliphatic heterocycles. The van der Waals surface area contributed by atoms with Gasteiger partial charge in [-0.15, -0.1) is 0 Å². The predicted octanol–water partition coefficient (Wildman–Crippen LogP) is 2.12. The van der Waals surface area contributed by atoms with E-state index in [2.05, 4.69) is 15.8 Å². The minimum Gasteiger partial charge on any atom is -0.364 e. The number of nitrogens with one attached hydrogen (secondary N) is 2. The highest BCUT2D eigenvalue weighted by Crippen LogP contribution is 2.73. The fourth-order valence-electron chi connectivity index (χ4n) is 5.26. The van der Waals surface area contributed by atoms with Gasteiger partial charge in [-0.1, -0.05) is 29.4 Å². The maximum absolute atomic E-state index is 12.6. The highest BCUT2D eigenvalue weighted by molar-refractivity contribution is 5.91. The molecule has 6 nitrogen and oxygen atoms in total. The molecular formula is C20H21N3O3. The Hall–Kier alpha value is -2.63. The molecule has 4 fully saturated rings. The van der Waals surface area contributed by atoms with E-state index in [0.717, 1.165) is 23.0 Å². The van der Waals surface area contributed by atoms with Gasteiger partial charge in [0.25, 0.3) is 5.91 Å². The van der Waals surface area contributed by atoms with Crippen LogP contribution in [0.25, 0.3) is 0 Å². The molecule has 2 amide bonds. The van der Waals surface area contributed by atoms with E-state index in [1.54, 1.807) is 0 Å². The molecule has 0 radical (unpaired) electrons. The summed E-state index contributed by atoms with van der Waals surface area (Å²) >= 11 is 0. The maximum atomic E-state index is 12.6. The van der Waals surface area contributed by atoms with Crippen molar-refractivity contribution in [1.29, 1.82) is 0 Å². The number of carbonyl (C=O) groups is 2. The van der Waals surface area contributed by atoms with E-state index in [4.69, 9.17) is 4.52 Å². The molecule has 0 saturated heterocycles. The SMILES string of the molecule is O=C(NCc1ccccc1CNC(=O)C1C2CC3C(C2)C31)c1ccon1. The fraction of sp³-hybridized carbons (Fsp3) is 0.450. The van der Waals surface area contributed by atoms with Gasteiger partial charge >= 0.3 is 0 Å². The minimum absolute atomic E-state index is 0.212. The second-order valence-electron chi connectivity index (χ2n) is 7.72. The van der Waals surface area contributed by atoms with E-state index in [9.17, 15) is 9.59 Å². The summed E-state index contributed by atoms with van der Waals surface area (Å²) in [7, 11) is 0. The molecule has 4 bridgehead atoms. The van der Waals surface area contributed by atoms with Gasteiger partial charge in [-0.25, -0.2) is 0 Å². The number of rotatable bonds is 6. The number of carbonyl (C=O) groups excluding carboxylic acids is 2. The molecule has 2 N–H and O–H groups in total. The van der Waals surface area contributed by atoms with E-state index in [0.29, 0.717) is 24.9 Å². The summed E-state index contributed by atoms with van der Waals surface area (Å²) in [5.74, 6) is 3.14. The van der Waals surface area contributed by atoms with Gasteiger partial charge in [-0.3, -0.25) is 9.59 Å². The topological polar surface area (TPSA) is 84.2 Å². The summed E-state index contributed by atoms with van der Waals surface area (Å²) in [6.45, 7) is 0.886. The summed E-state index contributed by atoms with van der Waals surface area (Å²) < 4.78 is 4.69. The van der Waals surface area contributed by atoms with Crippen molar-refractivity contribution in [3.63, 3.8) is 0 Å². The van der Waals surface area contributed by atoms with Crippen LogP contribution in [0.5, 0.6) is 0 Å². The lowest BCUT2D eigenvalue weighted by Crippen LogP contribution is -2.33. The Balaban J connectivity index is 1.20. The van der Waals surface area contributed by atoms with Crippen LogP contribution in [0.3, 0.4) is 0 Å². The van der Waals surface area contributed by atoms with E-state index < -0.39 is 0 Å². The molecule has 2 aromatic rings. The van der Waals surface area contributed by atoms with Crippen molar-refractivity contribution in [3.8, 4) is 0 Å². The van der Waals surface area contributed by atoms with Gasteiger partial charge in [0.1, 0.15) is 6.26 Å². The Bertz CT molecular complexity index is 834. The van der Waals surface area contributed by atoms with Gasteiger partial charge in [0.05, 0.1) is 0 Å². The van der Waals surface area contributed by atoms with Gasteiger partial charge in [0, 0.05) is 25.1 Å². The van der Waals surface area contributed by atoms with Crippen LogP contribution in [0.1, 0.15) is 34.5 Å². The van der Waals surface area contributed by atoms with Crippen molar-refractivity contribution in [2.24, 2.45) is 29.6 Å². The fourth-order valence-corrected chi connectivity index (χ4v) is 5.26. The summed E-state index contributed by atoms with van der Waals surface area (Å²) in [6.07, 6.45) is 3.90. The van der Waals surface area contributed by atoms with Crippen molar-refractivity contribution in [2.75, 3.05) is 0 Å². The lowest BCUT2D eigenvalue weighted by Gasteiger charge is -2.16. The molecule has 4 aliphatic carbocycles. The van der Waals surface area contributed by atoms with Crippen molar-refractivity contribution in [3.05, 3.63) is 53.4 Å². The molecule has 3 atom stereocenters. The number of benzene rings is 1. The van der Waals surface area contributed by atoms with Gasteiger partial charge in [0.15, 0.2) is 5.69 Å². The maximum Gasteiger partial charge on any atom is 0.273 e. The van der Waals surface area contributed by atoms with Gasteiger partial charge < -0.3 is 15.2 Å². The third-order valence-corrected chi connectivity index (χ3v) is 6.45. The van der Waals surface area contributed by atoms with Crippen LogP contribution in [-0.2, 0) is 17.9 Å². The second-order valence-corrected chi connectivity index (χ2v) is 7.72.